The topological polar surface area (TPSA) is 35.2 Å². The minimum atomic E-state index is -0.749. The van der Waals surface area contributed by atoms with Crippen molar-refractivity contribution >= 4 is 0 Å². The normalized spacial score (nSPS) is 15.6. The molecule has 0 saturated heterocycles. The summed E-state index contributed by atoms with van der Waals surface area (Å²) in [4.78, 5) is 0. The van der Waals surface area contributed by atoms with E-state index in [9.17, 15) is 0 Å². The summed E-state index contributed by atoms with van der Waals surface area (Å²) < 4.78 is 5.20. The molecule has 2 N–H and O–H groups in total. The molecular weight excluding hydrogens is 150 g/mol. The van der Waals surface area contributed by atoms with E-state index < -0.39 is 5.72 Å². The molecule has 65 valence electrons. The lowest BCUT2D eigenvalue weighted by Crippen LogP contribution is -2.38. The van der Waals surface area contributed by atoms with Crippen LogP contribution in [0.25, 0.3) is 0 Å². The second kappa shape index (κ2) is 3.70. The zero-order chi connectivity index (χ0) is 9.03. The van der Waals surface area contributed by atoms with Crippen LogP contribution >= 0.6 is 0 Å². The van der Waals surface area contributed by atoms with Gasteiger partial charge in [-0.3, -0.25) is 5.73 Å². The van der Waals surface area contributed by atoms with Crippen molar-refractivity contribution in [3.05, 3.63) is 42.3 Å². The molecule has 2 nitrogen and oxygen atoms in total. The summed E-state index contributed by atoms with van der Waals surface area (Å²) in [6, 6.07) is 9.74. The van der Waals surface area contributed by atoms with E-state index in [0.29, 0.717) is 0 Å². The number of rotatable bonds is 3. The van der Waals surface area contributed by atoms with E-state index in [4.69, 9.17) is 10.5 Å². The van der Waals surface area contributed by atoms with Crippen LogP contribution in [0.5, 0.6) is 0 Å². The Labute approximate surface area is 73.3 Å². The van der Waals surface area contributed by atoms with Crippen molar-refractivity contribution in [2.45, 2.75) is 12.6 Å². The van der Waals surface area contributed by atoms with E-state index in [1.165, 1.54) is 0 Å². The summed E-state index contributed by atoms with van der Waals surface area (Å²) in [5.74, 6) is 0. The molecule has 0 bridgehead atoms. The lowest BCUT2D eigenvalue weighted by molar-refractivity contribution is 0.0205. The van der Waals surface area contributed by atoms with Gasteiger partial charge in [-0.15, -0.1) is 0 Å². The lowest BCUT2D eigenvalue weighted by atomic mass is 10.0. The highest BCUT2D eigenvalue weighted by Crippen LogP contribution is 2.20. The third-order valence-electron chi connectivity index (χ3n) is 1.99. The van der Waals surface area contributed by atoms with Gasteiger partial charge in [-0.2, -0.15) is 0 Å². The predicted octanol–water partition coefficient (Wildman–Crippen LogP) is 1.67. The minimum Gasteiger partial charge on any atom is -0.360 e. The summed E-state index contributed by atoms with van der Waals surface area (Å²) in [6.45, 7) is 1.89. The Bertz CT molecular complexity index is 229. The molecule has 0 heterocycles. The first-order chi connectivity index (χ1) is 5.73. The molecule has 0 spiro atoms. The average Bonchev–Trinajstić information content (AvgIpc) is 2.18. The second-order valence-electron chi connectivity index (χ2n) is 2.65. The van der Waals surface area contributed by atoms with Crippen molar-refractivity contribution in [2.75, 3.05) is 7.11 Å². The molecule has 0 amide bonds. The lowest BCUT2D eigenvalue weighted by Gasteiger charge is -2.26. The SMILES string of the molecule is C[CH]C(N)(OC)c1ccccc1. The number of methoxy groups -OCH3 is 1. The molecule has 1 aromatic rings. The average molecular weight is 164 g/mol. The van der Waals surface area contributed by atoms with Gasteiger partial charge < -0.3 is 4.74 Å². The van der Waals surface area contributed by atoms with Crippen LogP contribution in [0.2, 0.25) is 0 Å². The van der Waals surface area contributed by atoms with E-state index in [0.717, 1.165) is 5.56 Å². The molecule has 1 aromatic carbocycles. The van der Waals surface area contributed by atoms with Gasteiger partial charge >= 0.3 is 0 Å². The highest BCUT2D eigenvalue weighted by atomic mass is 16.5. The molecular formula is C10H14NO. The fourth-order valence-electron chi connectivity index (χ4n) is 1.10. The molecule has 0 aliphatic carbocycles. The maximum atomic E-state index is 5.94. The van der Waals surface area contributed by atoms with Gasteiger partial charge in [-0.1, -0.05) is 37.3 Å². The Morgan fingerprint density at radius 1 is 1.33 bits per heavy atom. The van der Waals surface area contributed by atoms with Crippen molar-refractivity contribution in [3.63, 3.8) is 0 Å². The Balaban J connectivity index is 2.95. The second-order valence-corrected chi connectivity index (χ2v) is 2.65. The molecule has 1 unspecified atom stereocenters. The quantitative estimate of drug-likeness (QED) is 0.690. The van der Waals surface area contributed by atoms with Gasteiger partial charge in [0.15, 0.2) is 0 Å². The number of benzene rings is 1. The van der Waals surface area contributed by atoms with Crippen LogP contribution in [0.4, 0.5) is 0 Å². The Morgan fingerprint density at radius 2 is 1.92 bits per heavy atom. The van der Waals surface area contributed by atoms with Crippen LogP contribution in [-0.2, 0) is 10.5 Å². The zero-order valence-electron chi connectivity index (χ0n) is 7.45. The molecule has 2 heteroatoms. The predicted molar refractivity (Wildman–Crippen MR) is 49.3 cm³/mol. The standard InChI is InChI=1S/C10H14NO/c1-3-10(11,12-2)9-7-5-4-6-8-9/h3-8H,11H2,1-2H3. The molecule has 1 atom stereocenters. The third-order valence-corrected chi connectivity index (χ3v) is 1.99. The molecule has 12 heavy (non-hydrogen) atoms. The van der Waals surface area contributed by atoms with Crippen LogP contribution < -0.4 is 5.73 Å². The molecule has 0 saturated carbocycles. The Morgan fingerprint density at radius 3 is 2.33 bits per heavy atom. The minimum absolute atomic E-state index is 0.749. The van der Waals surface area contributed by atoms with Crippen molar-refractivity contribution < 1.29 is 4.74 Å². The number of hydrogen-bond donors (Lipinski definition) is 1. The number of ether oxygens (including phenoxy) is 1. The van der Waals surface area contributed by atoms with Crippen LogP contribution in [0.15, 0.2) is 30.3 Å². The Kier molecular flexibility index (Phi) is 2.84. The van der Waals surface area contributed by atoms with Crippen molar-refractivity contribution in [3.8, 4) is 0 Å². The molecule has 1 rings (SSSR count). The van der Waals surface area contributed by atoms with Crippen LogP contribution in [0.1, 0.15) is 12.5 Å². The van der Waals surface area contributed by atoms with Gasteiger partial charge in [0.25, 0.3) is 0 Å². The monoisotopic (exact) mass is 164 g/mol. The maximum Gasteiger partial charge on any atom is 0.145 e. The first-order valence-electron chi connectivity index (χ1n) is 3.93. The highest BCUT2D eigenvalue weighted by molar-refractivity contribution is 5.23. The first kappa shape index (κ1) is 9.23. The van der Waals surface area contributed by atoms with Crippen molar-refractivity contribution in [1.29, 1.82) is 0 Å². The van der Waals surface area contributed by atoms with Crippen LogP contribution in [-0.4, -0.2) is 7.11 Å². The van der Waals surface area contributed by atoms with E-state index in [2.05, 4.69) is 0 Å². The van der Waals surface area contributed by atoms with Gasteiger partial charge in [0.05, 0.1) is 0 Å². The number of hydrogen-bond acceptors (Lipinski definition) is 2. The van der Waals surface area contributed by atoms with E-state index >= 15 is 0 Å². The summed E-state index contributed by atoms with van der Waals surface area (Å²) in [7, 11) is 1.60. The molecule has 0 aliphatic heterocycles. The third kappa shape index (κ3) is 1.65. The fourth-order valence-corrected chi connectivity index (χ4v) is 1.10. The maximum absolute atomic E-state index is 5.94. The molecule has 0 fully saturated rings. The van der Waals surface area contributed by atoms with Crippen LogP contribution in [0.3, 0.4) is 0 Å². The van der Waals surface area contributed by atoms with E-state index in [1.54, 1.807) is 7.11 Å². The van der Waals surface area contributed by atoms with Gasteiger partial charge in [0.1, 0.15) is 5.72 Å². The van der Waals surface area contributed by atoms with Crippen LogP contribution in [0, 0.1) is 6.42 Å². The summed E-state index contributed by atoms with van der Waals surface area (Å²) in [5.41, 5.74) is 6.16. The zero-order valence-corrected chi connectivity index (χ0v) is 7.45. The summed E-state index contributed by atoms with van der Waals surface area (Å²) in [6.07, 6.45) is 1.84. The van der Waals surface area contributed by atoms with Crippen molar-refractivity contribution in [2.24, 2.45) is 5.73 Å². The number of nitrogens with two attached hydrogens (primary N) is 1. The Hall–Kier alpha value is -0.860. The fraction of sp³-hybridized carbons (Fsp3) is 0.300. The van der Waals surface area contributed by atoms with Gasteiger partial charge in [0.2, 0.25) is 0 Å². The molecule has 1 radical (unpaired) electrons. The highest BCUT2D eigenvalue weighted by Gasteiger charge is 2.23. The smallest absolute Gasteiger partial charge is 0.145 e. The van der Waals surface area contributed by atoms with Crippen molar-refractivity contribution in [1.82, 2.24) is 0 Å². The molecule has 0 aliphatic rings. The summed E-state index contributed by atoms with van der Waals surface area (Å²) in [5, 5.41) is 0. The van der Waals surface area contributed by atoms with E-state index in [-0.39, 0.29) is 0 Å². The van der Waals surface area contributed by atoms with Gasteiger partial charge in [-0.25, -0.2) is 0 Å². The largest absolute Gasteiger partial charge is 0.360 e. The van der Waals surface area contributed by atoms with Gasteiger partial charge in [0, 0.05) is 13.5 Å². The first-order valence-corrected chi connectivity index (χ1v) is 3.93. The van der Waals surface area contributed by atoms with E-state index in [1.807, 2.05) is 43.7 Å². The summed E-state index contributed by atoms with van der Waals surface area (Å²) >= 11 is 0. The molecule has 0 aromatic heterocycles. The van der Waals surface area contributed by atoms with Gasteiger partial charge in [-0.05, 0) is 5.56 Å².